The first-order valence-corrected chi connectivity index (χ1v) is 13.2. The van der Waals surface area contributed by atoms with Crippen LogP contribution in [0.2, 0.25) is 0 Å². The van der Waals surface area contributed by atoms with Crippen LogP contribution in [0.1, 0.15) is 74.8 Å². The van der Waals surface area contributed by atoms with Crippen LogP contribution in [0.25, 0.3) is 11.0 Å². The minimum atomic E-state index is 0.133. The molecule has 0 radical (unpaired) electrons. The molecule has 0 aromatic carbocycles. The van der Waals surface area contributed by atoms with E-state index in [4.69, 9.17) is 4.98 Å². The van der Waals surface area contributed by atoms with Crippen LogP contribution < -0.4 is 10.2 Å². The van der Waals surface area contributed by atoms with Gasteiger partial charge in [0.05, 0.1) is 17.6 Å². The molecule has 188 valence electrons. The lowest BCUT2D eigenvalue weighted by atomic mass is 10.1. The molecule has 1 aliphatic carbocycles. The summed E-state index contributed by atoms with van der Waals surface area (Å²) >= 11 is 0. The van der Waals surface area contributed by atoms with Gasteiger partial charge in [0.2, 0.25) is 11.9 Å². The number of hydrogen-bond donors (Lipinski definition) is 1. The summed E-state index contributed by atoms with van der Waals surface area (Å²) in [5.74, 6) is 1.35. The zero-order valence-electron chi connectivity index (χ0n) is 21.0. The SMILES string of the molecule is CCC(=O)c1cc2cnc(Nc3ccc(N4C[C@H]5CC[C@@H](CC4=O)N5C)cn3)nc2n1C1CCCC1. The first-order valence-electron chi connectivity index (χ1n) is 13.2. The average Bonchev–Trinajstić information content (AvgIpc) is 3.60. The van der Waals surface area contributed by atoms with Crippen LogP contribution in [0, 0.1) is 0 Å². The number of carbonyl (C=O) groups excluding carboxylic acids is 2. The molecular weight excluding hydrogens is 454 g/mol. The van der Waals surface area contributed by atoms with Gasteiger partial charge in [0.25, 0.3) is 0 Å². The fourth-order valence-corrected chi connectivity index (χ4v) is 6.16. The molecule has 1 saturated carbocycles. The van der Waals surface area contributed by atoms with Crippen molar-refractivity contribution in [3.8, 4) is 0 Å². The summed E-state index contributed by atoms with van der Waals surface area (Å²) in [4.78, 5) is 43.6. The molecule has 3 fully saturated rings. The van der Waals surface area contributed by atoms with Gasteiger partial charge in [-0.05, 0) is 50.9 Å². The highest BCUT2D eigenvalue weighted by molar-refractivity contribution is 5.99. The van der Waals surface area contributed by atoms with Crippen LogP contribution in [0.15, 0.2) is 30.6 Å². The van der Waals surface area contributed by atoms with E-state index in [1.165, 1.54) is 12.8 Å². The Morgan fingerprint density at radius 1 is 1.06 bits per heavy atom. The molecule has 1 amide bonds. The lowest BCUT2D eigenvalue weighted by molar-refractivity contribution is -0.119. The van der Waals surface area contributed by atoms with E-state index < -0.39 is 0 Å². The van der Waals surface area contributed by atoms with Gasteiger partial charge in [0.15, 0.2) is 5.78 Å². The van der Waals surface area contributed by atoms with Crippen molar-refractivity contribution in [2.75, 3.05) is 23.8 Å². The first-order chi connectivity index (χ1) is 17.5. The first kappa shape index (κ1) is 23.1. The molecule has 9 nitrogen and oxygen atoms in total. The molecule has 3 aromatic rings. The Balaban J connectivity index is 1.25. The van der Waals surface area contributed by atoms with Crippen molar-refractivity contribution in [2.24, 2.45) is 0 Å². The second kappa shape index (κ2) is 9.28. The highest BCUT2D eigenvalue weighted by atomic mass is 16.2. The number of carbonyl (C=O) groups is 2. The van der Waals surface area contributed by atoms with Crippen LogP contribution in [-0.4, -0.2) is 61.8 Å². The minimum absolute atomic E-state index is 0.133. The van der Waals surface area contributed by atoms with E-state index in [2.05, 4.69) is 31.8 Å². The van der Waals surface area contributed by atoms with E-state index in [-0.39, 0.29) is 11.7 Å². The smallest absolute Gasteiger partial charge is 0.230 e. The molecule has 3 aromatic heterocycles. The number of aromatic nitrogens is 4. The second-order valence-corrected chi connectivity index (χ2v) is 10.4. The monoisotopic (exact) mass is 487 g/mol. The van der Waals surface area contributed by atoms with Gasteiger partial charge in [0.1, 0.15) is 11.5 Å². The number of pyridine rings is 1. The number of anilines is 3. The zero-order chi connectivity index (χ0) is 24.8. The predicted molar refractivity (Wildman–Crippen MR) is 139 cm³/mol. The molecule has 5 heterocycles. The second-order valence-electron chi connectivity index (χ2n) is 10.4. The van der Waals surface area contributed by atoms with Gasteiger partial charge in [-0.3, -0.25) is 14.5 Å². The zero-order valence-corrected chi connectivity index (χ0v) is 21.0. The fraction of sp³-hybridized carbons (Fsp3) is 0.519. The molecule has 0 spiro atoms. The van der Waals surface area contributed by atoms with Crippen LogP contribution in [-0.2, 0) is 4.79 Å². The number of nitrogens with one attached hydrogen (secondary N) is 1. The summed E-state index contributed by atoms with van der Waals surface area (Å²) in [6, 6.07) is 6.78. The summed E-state index contributed by atoms with van der Waals surface area (Å²) in [6.07, 6.45) is 11.3. The maximum atomic E-state index is 12.9. The summed E-state index contributed by atoms with van der Waals surface area (Å²) in [7, 11) is 2.13. The number of rotatable bonds is 6. The van der Waals surface area contributed by atoms with Crippen LogP contribution in [0.4, 0.5) is 17.5 Å². The van der Waals surface area contributed by atoms with Gasteiger partial charge in [-0.15, -0.1) is 0 Å². The van der Waals surface area contributed by atoms with Crippen LogP contribution in [0.5, 0.6) is 0 Å². The third-order valence-electron chi connectivity index (χ3n) is 8.26. The summed E-state index contributed by atoms with van der Waals surface area (Å²) in [5, 5.41) is 4.09. The van der Waals surface area contributed by atoms with E-state index in [1.54, 1.807) is 12.4 Å². The minimum Gasteiger partial charge on any atom is -0.320 e. The summed E-state index contributed by atoms with van der Waals surface area (Å²) in [6.45, 7) is 2.60. The van der Waals surface area contributed by atoms with E-state index in [0.717, 1.165) is 48.1 Å². The standard InChI is InChI=1S/C27H33N7O2/c1-3-23(35)22-12-17-14-29-27(31-26(17)34(22)18-6-4-5-7-18)30-24-11-10-20(15-28-24)33-16-21-9-8-19(32(21)2)13-25(33)36/h10-12,14-15,18-19,21H,3-9,13,16H2,1-2H3,(H,28,29,30,31)/t19-,21+/m0/s1. The number of Topliss-reactive ketones (excluding diaryl/α,β-unsaturated/α-hetero) is 1. The number of ketones is 1. The van der Waals surface area contributed by atoms with E-state index in [0.29, 0.717) is 49.3 Å². The normalized spacial score (nSPS) is 22.9. The molecule has 9 heteroatoms. The Labute approximate surface area is 210 Å². The molecule has 1 N–H and O–H groups in total. The fourth-order valence-electron chi connectivity index (χ4n) is 6.16. The Morgan fingerprint density at radius 2 is 1.86 bits per heavy atom. The van der Waals surface area contributed by atoms with Gasteiger partial charge >= 0.3 is 0 Å². The van der Waals surface area contributed by atoms with Crippen molar-refractivity contribution in [1.29, 1.82) is 0 Å². The van der Waals surface area contributed by atoms with Crippen LogP contribution >= 0.6 is 0 Å². The van der Waals surface area contributed by atoms with Gasteiger partial charge in [0, 0.05) is 49.1 Å². The molecule has 2 aliphatic heterocycles. The van der Waals surface area contributed by atoms with Gasteiger partial charge < -0.3 is 14.8 Å². The molecule has 2 saturated heterocycles. The third-order valence-corrected chi connectivity index (χ3v) is 8.26. The predicted octanol–water partition coefficient (Wildman–Crippen LogP) is 4.48. The van der Waals surface area contributed by atoms with Gasteiger partial charge in [-0.1, -0.05) is 19.8 Å². The Bertz CT molecular complexity index is 1300. The Hall–Kier alpha value is -3.33. The lowest BCUT2D eigenvalue weighted by Gasteiger charge is -2.25. The van der Waals surface area contributed by atoms with Crippen molar-refractivity contribution in [2.45, 2.75) is 76.4 Å². The highest BCUT2D eigenvalue weighted by Gasteiger charge is 2.38. The molecule has 2 atom stereocenters. The molecular formula is C27H33N7O2. The van der Waals surface area contributed by atoms with E-state index in [1.807, 2.05) is 30.0 Å². The van der Waals surface area contributed by atoms with Crippen molar-refractivity contribution in [3.05, 3.63) is 36.3 Å². The van der Waals surface area contributed by atoms with E-state index >= 15 is 0 Å². The largest absolute Gasteiger partial charge is 0.320 e. The van der Waals surface area contributed by atoms with Gasteiger partial charge in [-0.25, -0.2) is 9.97 Å². The van der Waals surface area contributed by atoms with Crippen LogP contribution in [0.3, 0.4) is 0 Å². The van der Waals surface area contributed by atoms with Gasteiger partial charge in [-0.2, -0.15) is 4.98 Å². The topological polar surface area (TPSA) is 96.2 Å². The number of amides is 1. The van der Waals surface area contributed by atoms with Crippen molar-refractivity contribution in [1.82, 2.24) is 24.4 Å². The third kappa shape index (κ3) is 4.05. The maximum Gasteiger partial charge on any atom is 0.230 e. The average molecular weight is 488 g/mol. The maximum absolute atomic E-state index is 12.9. The lowest BCUT2D eigenvalue weighted by Crippen LogP contribution is -2.38. The molecule has 2 bridgehead atoms. The number of nitrogens with zero attached hydrogens (tertiary/aromatic N) is 6. The molecule has 6 rings (SSSR count). The number of hydrogen-bond acceptors (Lipinski definition) is 7. The number of fused-ring (bicyclic) bond motifs is 3. The van der Waals surface area contributed by atoms with Crippen molar-refractivity contribution >= 4 is 40.2 Å². The Morgan fingerprint density at radius 3 is 2.61 bits per heavy atom. The highest BCUT2D eigenvalue weighted by Crippen LogP contribution is 2.35. The molecule has 36 heavy (non-hydrogen) atoms. The van der Waals surface area contributed by atoms with Crippen molar-refractivity contribution in [3.63, 3.8) is 0 Å². The van der Waals surface area contributed by atoms with Crippen molar-refractivity contribution < 1.29 is 9.59 Å². The summed E-state index contributed by atoms with van der Waals surface area (Å²) < 4.78 is 2.13. The summed E-state index contributed by atoms with van der Waals surface area (Å²) in [5.41, 5.74) is 2.35. The molecule has 3 aliphatic rings. The number of likely N-dealkylation sites (N-methyl/N-ethyl adjacent to an activating group) is 1. The van der Waals surface area contributed by atoms with E-state index in [9.17, 15) is 9.59 Å². The molecule has 0 unspecified atom stereocenters. The Kier molecular flexibility index (Phi) is 5.95. The quantitative estimate of drug-likeness (QED) is 0.512.